The van der Waals surface area contributed by atoms with E-state index in [4.69, 9.17) is 9.47 Å². The smallest absolute Gasteiger partial charge is 0.0721 e. The third-order valence-electron chi connectivity index (χ3n) is 3.51. The summed E-state index contributed by atoms with van der Waals surface area (Å²) in [4.78, 5) is 0. The minimum absolute atomic E-state index is 0.305. The highest BCUT2D eigenvalue weighted by Gasteiger charge is 2.42. The third-order valence-corrected chi connectivity index (χ3v) is 3.51. The second-order valence-corrected chi connectivity index (χ2v) is 4.35. The molecule has 0 aromatic heterocycles. The van der Waals surface area contributed by atoms with E-state index < -0.39 is 5.60 Å². The molecule has 3 heteroatoms. The van der Waals surface area contributed by atoms with Crippen LogP contribution in [0.1, 0.15) is 19.8 Å². The van der Waals surface area contributed by atoms with Gasteiger partial charge in [0.1, 0.15) is 0 Å². The van der Waals surface area contributed by atoms with Crippen LogP contribution in [0, 0.1) is 11.8 Å². The molecule has 1 N–H and O–H groups in total. The lowest BCUT2D eigenvalue weighted by atomic mass is 9.77. The maximum atomic E-state index is 10.4. The Morgan fingerprint density at radius 3 is 1.85 bits per heavy atom. The minimum Gasteiger partial charge on any atom is -0.389 e. The van der Waals surface area contributed by atoms with Crippen molar-refractivity contribution in [3.63, 3.8) is 0 Å². The molecule has 2 unspecified atom stereocenters. The summed E-state index contributed by atoms with van der Waals surface area (Å²) in [5.74, 6) is 0.610. The Morgan fingerprint density at radius 1 is 1.08 bits per heavy atom. The maximum Gasteiger partial charge on any atom is 0.0721 e. The fraction of sp³-hybridized carbons (Fsp3) is 1.00. The van der Waals surface area contributed by atoms with Crippen LogP contribution in [0.4, 0.5) is 0 Å². The Labute approximate surface area is 79.0 Å². The summed E-state index contributed by atoms with van der Waals surface area (Å²) in [7, 11) is 0. The average Bonchev–Trinajstić information content (AvgIpc) is 2.78. The van der Waals surface area contributed by atoms with Crippen LogP contribution in [0.2, 0.25) is 0 Å². The van der Waals surface area contributed by atoms with Crippen LogP contribution in [-0.2, 0) is 9.47 Å². The molecule has 2 aliphatic rings. The highest BCUT2D eigenvalue weighted by atomic mass is 16.5. The molecule has 76 valence electrons. The summed E-state index contributed by atoms with van der Waals surface area (Å²) in [6, 6.07) is 0. The van der Waals surface area contributed by atoms with Gasteiger partial charge in [0.15, 0.2) is 0 Å². The Kier molecular flexibility index (Phi) is 2.58. The summed E-state index contributed by atoms with van der Waals surface area (Å²) in [5.41, 5.74) is -0.590. The Bertz CT molecular complexity index is 149. The van der Waals surface area contributed by atoms with Gasteiger partial charge >= 0.3 is 0 Å². The summed E-state index contributed by atoms with van der Waals surface area (Å²) in [5, 5.41) is 10.4. The van der Waals surface area contributed by atoms with E-state index in [-0.39, 0.29) is 0 Å². The Hall–Kier alpha value is -0.120. The zero-order valence-corrected chi connectivity index (χ0v) is 8.16. The molecule has 0 spiro atoms. The fourth-order valence-electron chi connectivity index (χ4n) is 2.32. The van der Waals surface area contributed by atoms with Crippen molar-refractivity contribution in [1.29, 1.82) is 0 Å². The van der Waals surface area contributed by atoms with Gasteiger partial charge in [-0.05, 0) is 19.8 Å². The number of hydrogen-bond donors (Lipinski definition) is 1. The molecule has 2 heterocycles. The van der Waals surface area contributed by atoms with Crippen LogP contribution >= 0.6 is 0 Å². The van der Waals surface area contributed by atoms with E-state index in [1.807, 2.05) is 6.92 Å². The first kappa shape index (κ1) is 9.44. The van der Waals surface area contributed by atoms with E-state index in [1.54, 1.807) is 0 Å². The number of rotatable bonds is 2. The second-order valence-electron chi connectivity index (χ2n) is 4.35. The van der Waals surface area contributed by atoms with E-state index in [0.717, 1.165) is 26.1 Å². The topological polar surface area (TPSA) is 38.7 Å². The monoisotopic (exact) mass is 186 g/mol. The molecular weight excluding hydrogens is 168 g/mol. The zero-order valence-electron chi connectivity index (χ0n) is 8.16. The van der Waals surface area contributed by atoms with Gasteiger partial charge in [0.25, 0.3) is 0 Å². The standard InChI is InChI=1S/C10H18O3/c1-10(11,8-2-4-12-6-8)9-3-5-13-7-9/h8-9,11H,2-7H2,1H3. The van der Waals surface area contributed by atoms with E-state index in [1.165, 1.54) is 0 Å². The molecule has 0 aromatic carbocycles. The van der Waals surface area contributed by atoms with Crippen LogP contribution in [0.15, 0.2) is 0 Å². The minimum atomic E-state index is -0.590. The lowest BCUT2D eigenvalue weighted by molar-refractivity contribution is -0.0568. The van der Waals surface area contributed by atoms with Crippen LogP contribution in [-0.4, -0.2) is 37.1 Å². The van der Waals surface area contributed by atoms with Gasteiger partial charge in [-0.25, -0.2) is 0 Å². The van der Waals surface area contributed by atoms with Gasteiger partial charge in [0, 0.05) is 25.0 Å². The maximum absolute atomic E-state index is 10.4. The van der Waals surface area contributed by atoms with Gasteiger partial charge in [-0.1, -0.05) is 0 Å². The molecule has 2 saturated heterocycles. The van der Waals surface area contributed by atoms with Crippen molar-refractivity contribution in [3.8, 4) is 0 Å². The van der Waals surface area contributed by atoms with Crippen molar-refractivity contribution in [2.45, 2.75) is 25.4 Å². The second kappa shape index (κ2) is 3.56. The first-order valence-corrected chi connectivity index (χ1v) is 5.09. The van der Waals surface area contributed by atoms with Crippen molar-refractivity contribution in [2.24, 2.45) is 11.8 Å². The molecule has 2 atom stereocenters. The predicted molar refractivity (Wildman–Crippen MR) is 48.5 cm³/mol. The fourth-order valence-corrected chi connectivity index (χ4v) is 2.32. The highest BCUT2D eigenvalue weighted by Crippen LogP contribution is 2.35. The van der Waals surface area contributed by atoms with E-state index in [0.29, 0.717) is 25.0 Å². The molecule has 0 aliphatic carbocycles. The Morgan fingerprint density at radius 2 is 1.54 bits per heavy atom. The predicted octanol–water partition coefficient (Wildman–Crippen LogP) is 0.810. The summed E-state index contributed by atoms with van der Waals surface area (Å²) in [6.45, 7) is 4.96. The van der Waals surface area contributed by atoms with Gasteiger partial charge in [0.05, 0.1) is 18.8 Å². The molecule has 0 radical (unpaired) electrons. The van der Waals surface area contributed by atoms with Gasteiger partial charge in [0.2, 0.25) is 0 Å². The SMILES string of the molecule is CC(O)(C1CCOC1)C1CCOC1. The van der Waals surface area contributed by atoms with Gasteiger partial charge < -0.3 is 14.6 Å². The molecule has 2 rings (SSSR count). The molecule has 2 fully saturated rings. The normalized spacial score (nSPS) is 39.2. The summed E-state index contributed by atoms with van der Waals surface area (Å²) >= 11 is 0. The van der Waals surface area contributed by atoms with E-state index in [2.05, 4.69) is 0 Å². The lowest BCUT2D eigenvalue weighted by Crippen LogP contribution is -2.43. The van der Waals surface area contributed by atoms with Crippen molar-refractivity contribution >= 4 is 0 Å². The third kappa shape index (κ3) is 1.73. The van der Waals surface area contributed by atoms with Crippen molar-refractivity contribution in [2.75, 3.05) is 26.4 Å². The number of ether oxygens (including phenoxy) is 2. The van der Waals surface area contributed by atoms with Crippen LogP contribution in [0.3, 0.4) is 0 Å². The molecule has 3 nitrogen and oxygen atoms in total. The molecular formula is C10H18O3. The first-order valence-electron chi connectivity index (χ1n) is 5.09. The van der Waals surface area contributed by atoms with Crippen LogP contribution < -0.4 is 0 Å². The van der Waals surface area contributed by atoms with E-state index in [9.17, 15) is 5.11 Å². The van der Waals surface area contributed by atoms with Gasteiger partial charge in [-0.2, -0.15) is 0 Å². The largest absolute Gasteiger partial charge is 0.389 e. The highest BCUT2D eigenvalue weighted by molar-refractivity contribution is 4.92. The van der Waals surface area contributed by atoms with Crippen LogP contribution in [0.25, 0.3) is 0 Å². The number of hydrogen-bond acceptors (Lipinski definition) is 3. The van der Waals surface area contributed by atoms with Crippen molar-refractivity contribution < 1.29 is 14.6 Å². The van der Waals surface area contributed by atoms with Crippen molar-refractivity contribution in [1.82, 2.24) is 0 Å². The molecule has 0 amide bonds. The molecule has 2 aliphatic heterocycles. The van der Waals surface area contributed by atoms with Gasteiger partial charge in [-0.15, -0.1) is 0 Å². The summed E-state index contributed by atoms with van der Waals surface area (Å²) in [6.07, 6.45) is 1.98. The van der Waals surface area contributed by atoms with Crippen LogP contribution in [0.5, 0.6) is 0 Å². The molecule has 13 heavy (non-hydrogen) atoms. The lowest BCUT2D eigenvalue weighted by Gasteiger charge is -2.34. The van der Waals surface area contributed by atoms with Gasteiger partial charge in [-0.3, -0.25) is 0 Å². The van der Waals surface area contributed by atoms with E-state index >= 15 is 0 Å². The molecule has 0 bridgehead atoms. The average molecular weight is 186 g/mol. The quantitative estimate of drug-likeness (QED) is 0.693. The first-order chi connectivity index (χ1) is 6.21. The van der Waals surface area contributed by atoms with Crippen molar-refractivity contribution in [3.05, 3.63) is 0 Å². The Balaban J connectivity index is 1.99. The zero-order chi connectivity index (χ0) is 9.31. The molecule has 0 saturated carbocycles. The molecule has 0 aromatic rings. The number of aliphatic hydroxyl groups is 1. The summed E-state index contributed by atoms with van der Waals surface area (Å²) < 4.78 is 10.6.